The molecule has 0 spiro atoms. The van der Waals surface area contributed by atoms with E-state index in [0.717, 1.165) is 16.3 Å². The number of hydrogen-bond donors (Lipinski definition) is 1. The van der Waals surface area contributed by atoms with Crippen LogP contribution in [0.3, 0.4) is 0 Å². The molecule has 0 amide bonds. The van der Waals surface area contributed by atoms with Crippen molar-refractivity contribution >= 4 is 17.4 Å². The zero-order valence-corrected chi connectivity index (χ0v) is 11.7. The molecule has 1 aromatic heterocycles. The third kappa shape index (κ3) is 2.85. The molecule has 0 saturated heterocycles. The van der Waals surface area contributed by atoms with Crippen LogP contribution in [0.15, 0.2) is 30.3 Å². The first-order valence-corrected chi connectivity index (χ1v) is 6.32. The molecule has 1 heterocycles. The maximum atomic E-state index is 5.99. The van der Waals surface area contributed by atoms with E-state index in [9.17, 15) is 0 Å². The lowest BCUT2D eigenvalue weighted by Gasteiger charge is -2.14. The Morgan fingerprint density at radius 1 is 1.22 bits per heavy atom. The van der Waals surface area contributed by atoms with E-state index < -0.39 is 0 Å². The number of anilines is 1. The van der Waals surface area contributed by atoms with Crippen LogP contribution in [0.5, 0.6) is 0 Å². The Labute approximate surface area is 113 Å². The molecule has 2 N–H and O–H groups in total. The van der Waals surface area contributed by atoms with Crippen LogP contribution >= 0.6 is 11.6 Å². The molecule has 18 heavy (non-hydrogen) atoms. The molecule has 96 valence electrons. The Kier molecular flexibility index (Phi) is 3.35. The largest absolute Gasteiger partial charge is 0.384 e. The first kappa shape index (κ1) is 13.0. The van der Waals surface area contributed by atoms with E-state index in [-0.39, 0.29) is 5.41 Å². The number of nitrogens with two attached hydrogens (primary N) is 1. The molecule has 1 aromatic carbocycles. The second-order valence-corrected chi connectivity index (χ2v) is 5.92. The fourth-order valence-corrected chi connectivity index (χ4v) is 1.81. The Morgan fingerprint density at radius 3 is 2.33 bits per heavy atom. The van der Waals surface area contributed by atoms with Crippen molar-refractivity contribution < 1.29 is 0 Å². The minimum absolute atomic E-state index is 0.0133. The summed E-state index contributed by atoms with van der Waals surface area (Å²) in [6.45, 7) is 7.04. The van der Waals surface area contributed by atoms with Gasteiger partial charge in [0, 0.05) is 16.5 Å². The molecule has 2 aromatic rings. The highest BCUT2D eigenvalue weighted by Gasteiger charge is 2.18. The summed E-state index contributed by atoms with van der Waals surface area (Å²) < 4.78 is 1.82. The fourth-order valence-electron chi connectivity index (χ4n) is 1.69. The van der Waals surface area contributed by atoms with Gasteiger partial charge < -0.3 is 5.73 Å². The lowest BCUT2D eigenvalue weighted by molar-refractivity contribution is 0.546. The molecule has 0 aliphatic rings. The van der Waals surface area contributed by atoms with Gasteiger partial charge in [-0.25, -0.2) is 4.68 Å². The average Bonchev–Trinajstić information content (AvgIpc) is 2.63. The molecule has 0 bridgehead atoms. The summed E-state index contributed by atoms with van der Waals surface area (Å²) in [5.41, 5.74) is 8.15. The van der Waals surface area contributed by atoms with Gasteiger partial charge in [-0.3, -0.25) is 0 Å². The molecular weight excluding hydrogens is 246 g/mol. The van der Waals surface area contributed by atoms with Gasteiger partial charge in [-0.1, -0.05) is 44.5 Å². The lowest BCUT2D eigenvalue weighted by atomic mass is 9.92. The summed E-state index contributed by atoms with van der Waals surface area (Å²) >= 11 is 5.86. The molecule has 0 aliphatic carbocycles. The molecule has 0 saturated carbocycles. The van der Waals surface area contributed by atoms with E-state index in [1.807, 2.05) is 35.0 Å². The Morgan fingerprint density at radius 2 is 1.83 bits per heavy atom. The first-order valence-electron chi connectivity index (χ1n) is 5.94. The number of benzene rings is 1. The standard InChI is InChI=1S/C14H18ClN3/c1-14(2,3)12-8-13(16)18(17-12)9-10-4-6-11(15)7-5-10/h4-8H,9,16H2,1-3H3. The highest BCUT2D eigenvalue weighted by atomic mass is 35.5. The van der Waals surface area contributed by atoms with Crippen molar-refractivity contribution in [2.24, 2.45) is 0 Å². The van der Waals surface area contributed by atoms with E-state index in [4.69, 9.17) is 17.3 Å². The smallest absolute Gasteiger partial charge is 0.122 e. The number of nitrogens with zero attached hydrogens (tertiary/aromatic N) is 2. The normalized spacial score (nSPS) is 11.8. The molecule has 0 atom stereocenters. The van der Waals surface area contributed by atoms with E-state index >= 15 is 0 Å². The van der Waals surface area contributed by atoms with Crippen molar-refractivity contribution in [2.45, 2.75) is 32.7 Å². The van der Waals surface area contributed by atoms with Gasteiger partial charge in [0.05, 0.1) is 12.2 Å². The summed E-state index contributed by atoms with van der Waals surface area (Å²) in [7, 11) is 0. The van der Waals surface area contributed by atoms with E-state index in [2.05, 4.69) is 25.9 Å². The van der Waals surface area contributed by atoms with Crippen LogP contribution in [0.1, 0.15) is 32.0 Å². The Bertz CT molecular complexity index is 535. The molecule has 2 rings (SSSR count). The van der Waals surface area contributed by atoms with Gasteiger partial charge in [0.15, 0.2) is 0 Å². The molecule has 0 radical (unpaired) electrons. The third-order valence-electron chi connectivity index (χ3n) is 2.83. The second-order valence-electron chi connectivity index (χ2n) is 5.49. The Balaban J connectivity index is 2.24. The van der Waals surface area contributed by atoms with Gasteiger partial charge in [-0.15, -0.1) is 0 Å². The van der Waals surface area contributed by atoms with Crippen LogP contribution in [0.2, 0.25) is 5.02 Å². The monoisotopic (exact) mass is 263 g/mol. The van der Waals surface area contributed by atoms with Gasteiger partial charge in [0.2, 0.25) is 0 Å². The summed E-state index contributed by atoms with van der Waals surface area (Å²) in [4.78, 5) is 0. The van der Waals surface area contributed by atoms with Crippen LogP contribution in [0, 0.1) is 0 Å². The van der Waals surface area contributed by atoms with Crippen LogP contribution in [0.25, 0.3) is 0 Å². The van der Waals surface area contributed by atoms with Crippen molar-refractivity contribution in [2.75, 3.05) is 5.73 Å². The minimum Gasteiger partial charge on any atom is -0.384 e. The predicted molar refractivity (Wildman–Crippen MR) is 75.9 cm³/mol. The predicted octanol–water partition coefficient (Wildman–Crippen LogP) is 3.46. The molecule has 0 aliphatic heterocycles. The summed E-state index contributed by atoms with van der Waals surface area (Å²) in [6, 6.07) is 9.67. The van der Waals surface area contributed by atoms with E-state index in [0.29, 0.717) is 12.4 Å². The van der Waals surface area contributed by atoms with Crippen molar-refractivity contribution in [1.29, 1.82) is 0 Å². The molecule has 0 fully saturated rings. The van der Waals surface area contributed by atoms with Gasteiger partial charge in [0.1, 0.15) is 5.82 Å². The Hall–Kier alpha value is -1.48. The SMILES string of the molecule is CC(C)(C)c1cc(N)n(Cc2ccc(Cl)cc2)n1. The van der Waals surface area contributed by atoms with Crippen molar-refractivity contribution in [3.63, 3.8) is 0 Å². The van der Waals surface area contributed by atoms with Crippen molar-refractivity contribution in [3.05, 3.63) is 46.6 Å². The lowest BCUT2D eigenvalue weighted by Crippen LogP contribution is -2.13. The summed E-state index contributed by atoms with van der Waals surface area (Å²) in [5.74, 6) is 0.690. The fraction of sp³-hybridized carbons (Fsp3) is 0.357. The van der Waals surface area contributed by atoms with Crippen molar-refractivity contribution in [3.8, 4) is 0 Å². The zero-order chi connectivity index (χ0) is 13.3. The van der Waals surface area contributed by atoms with Crippen LogP contribution in [0.4, 0.5) is 5.82 Å². The van der Waals surface area contributed by atoms with Crippen LogP contribution in [-0.2, 0) is 12.0 Å². The molecule has 3 nitrogen and oxygen atoms in total. The quantitative estimate of drug-likeness (QED) is 0.902. The number of hydrogen-bond acceptors (Lipinski definition) is 2. The number of rotatable bonds is 2. The average molecular weight is 264 g/mol. The number of halogens is 1. The topological polar surface area (TPSA) is 43.8 Å². The first-order chi connectivity index (χ1) is 8.36. The van der Waals surface area contributed by atoms with Crippen LogP contribution in [-0.4, -0.2) is 9.78 Å². The van der Waals surface area contributed by atoms with Crippen LogP contribution < -0.4 is 5.73 Å². The summed E-state index contributed by atoms with van der Waals surface area (Å²) in [5, 5.41) is 5.30. The number of aromatic nitrogens is 2. The van der Waals surface area contributed by atoms with Crippen molar-refractivity contribution in [1.82, 2.24) is 9.78 Å². The van der Waals surface area contributed by atoms with E-state index in [1.54, 1.807) is 0 Å². The molecule has 4 heteroatoms. The maximum Gasteiger partial charge on any atom is 0.122 e. The maximum absolute atomic E-state index is 5.99. The summed E-state index contributed by atoms with van der Waals surface area (Å²) in [6.07, 6.45) is 0. The third-order valence-corrected chi connectivity index (χ3v) is 3.08. The van der Waals surface area contributed by atoms with E-state index in [1.165, 1.54) is 0 Å². The molecular formula is C14H18ClN3. The van der Waals surface area contributed by atoms with Gasteiger partial charge in [-0.2, -0.15) is 5.10 Å². The highest BCUT2D eigenvalue weighted by molar-refractivity contribution is 6.30. The van der Waals surface area contributed by atoms with Gasteiger partial charge in [-0.05, 0) is 17.7 Å². The molecule has 0 unspecified atom stereocenters. The highest BCUT2D eigenvalue weighted by Crippen LogP contribution is 2.23. The van der Waals surface area contributed by atoms with Gasteiger partial charge in [0.25, 0.3) is 0 Å². The minimum atomic E-state index is 0.0133. The second kappa shape index (κ2) is 4.65. The zero-order valence-electron chi connectivity index (χ0n) is 10.9. The number of nitrogen functional groups attached to an aromatic ring is 1. The van der Waals surface area contributed by atoms with Gasteiger partial charge >= 0.3 is 0 Å².